The predicted molar refractivity (Wildman–Crippen MR) is 151 cm³/mol. The summed E-state index contributed by atoms with van der Waals surface area (Å²) in [5.41, 5.74) is 4.48. The molecule has 0 aromatic heterocycles. The Labute approximate surface area is 235 Å². The van der Waals surface area contributed by atoms with Crippen molar-refractivity contribution < 1.29 is 28.5 Å². The number of rotatable bonds is 6. The lowest BCUT2D eigenvalue weighted by atomic mass is 9.70. The van der Waals surface area contributed by atoms with Crippen LogP contribution in [0.2, 0.25) is 0 Å². The number of carbonyl (C=O) groups excluding carboxylic acids is 2. The zero-order valence-corrected chi connectivity index (χ0v) is 24.3. The average molecular weight is 544 g/mol. The Morgan fingerprint density at radius 3 is 2.17 bits per heavy atom. The van der Waals surface area contributed by atoms with Crippen LogP contribution in [0.4, 0.5) is 0 Å². The number of fused-ring (bicyclic) bond motifs is 4. The van der Waals surface area contributed by atoms with E-state index in [9.17, 15) is 9.59 Å². The van der Waals surface area contributed by atoms with Gasteiger partial charge in [-0.25, -0.2) is 4.79 Å². The third kappa shape index (κ3) is 3.49. The van der Waals surface area contributed by atoms with Gasteiger partial charge in [-0.05, 0) is 55.2 Å². The van der Waals surface area contributed by atoms with Crippen molar-refractivity contribution in [2.45, 2.75) is 59.0 Å². The second-order valence-corrected chi connectivity index (χ2v) is 12.2. The SMILES string of the molecule is COc1cc([C@H]2C(C(=O)O[C@H]3C[C@H]4CC[C@@]3(C)C4(C)C)=C(C)NC3=C2C(=O)c2ccccc23)cc(OC)c1OC. The average Bonchev–Trinajstić information content (AvgIpc) is 3.43. The monoisotopic (exact) mass is 543 g/mol. The molecule has 2 bridgehead atoms. The highest BCUT2D eigenvalue weighted by Crippen LogP contribution is 2.66. The number of benzene rings is 2. The molecular formula is C33H37NO6. The minimum Gasteiger partial charge on any atom is -0.493 e. The van der Waals surface area contributed by atoms with E-state index < -0.39 is 11.9 Å². The Kier molecular flexibility index (Phi) is 6.06. The lowest BCUT2D eigenvalue weighted by Crippen LogP contribution is -2.39. The molecule has 210 valence electrons. The van der Waals surface area contributed by atoms with Crippen LogP contribution in [0.15, 0.2) is 53.2 Å². The van der Waals surface area contributed by atoms with Gasteiger partial charge in [0.2, 0.25) is 5.75 Å². The number of Topliss-reactive ketones (excluding diaryl/α,β-unsaturated/α-hetero) is 1. The van der Waals surface area contributed by atoms with Crippen molar-refractivity contribution in [2.24, 2.45) is 16.7 Å². The zero-order valence-electron chi connectivity index (χ0n) is 24.3. The first-order valence-corrected chi connectivity index (χ1v) is 13.9. The van der Waals surface area contributed by atoms with Crippen molar-refractivity contribution in [2.75, 3.05) is 21.3 Å². The van der Waals surface area contributed by atoms with E-state index in [1.165, 1.54) is 0 Å². The van der Waals surface area contributed by atoms with E-state index in [4.69, 9.17) is 18.9 Å². The minimum absolute atomic E-state index is 0.0875. The first-order chi connectivity index (χ1) is 19.1. The maximum Gasteiger partial charge on any atom is 0.337 e. The number of ketones is 1. The number of esters is 1. The van der Waals surface area contributed by atoms with Gasteiger partial charge in [0.1, 0.15) is 6.10 Å². The van der Waals surface area contributed by atoms with E-state index in [-0.39, 0.29) is 22.7 Å². The summed E-state index contributed by atoms with van der Waals surface area (Å²) in [7, 11) is 4.66. The number of methoxy groups -OCH3 is 3. The maximum atomic E-state index is 14.2. The molecule has 7 nitrogen and oxygen atoms in total. The number of ether oxygens (including phenoxy) is 4. The molecule has 4 atom stereocenters. The van der Waals surface area contributed by atoms with Crippen LogP contribution in [-0.4, -0.2) is 39.2 Å². The van der Waals surface area contributed by atoms with E-state index in [0.717, 1.165) is 30.5 Å². The van der Waals surface area contributed by atoms with Gasteiger partial charge in [0.15, 0.2) is 17.3 Å². The molecule has 4 aliphatic rings. The fourth-order valence-corrected chi connectivity index (χ4v) is 7.70. The number of hydrogen-bond acceptors (Lipinski definition) is 7. The summed E-state index contributed by atoms with van der Waals surface area (Å²) in [4.78, 5) is 28.2. The van der Waals surface area contributed by atoms with Crippen LogP contribution >= 0.6 is 0 Å². The summed E-state index contributed by atoms with van der Waals surface area (Å²) < 4.78 is 23.3. The molecule has 0 saturated heterocycles. The molecule has 3 aliphatic carbocycles. The summed E-state index contributed by atoms with van der Waals surface area (Å²) in [6.45, 7) is 8.74. The highest BCUT2D eigenvalue weighted by Gasteiger charge is 2.63. The van der Waals surface area contributed by atoms with E-state index in [1.54, 1.807) is 21.3 Å². The van der Waals surface area contributed by atoms with Gasteiger partial charge < -0.3 is 24.3 Å². The molecule has 2 aromatic carbocycles. The van der Waals surface area contributed by atoms with Crippen molar-refractivity contribution in [1.82, 2.24) is 5.32 Å². The largest absolute Gasteiger partial charge is 0.493 e. The molecular weight excluding hydrogens is 506 g/mol. The van der Waals surface area contributed by atoms with Crippen molar-refractivity contribution in [3.05, 3.63) is 69.9 Å². The number of hydrogen-bond donors (Lipinski definition) is 1. The quantitative estimate of drug-likeness (QED) is 0.445. The Hall–Kier alpha value is -3.74. The Morgan fingerprint density at radius 2 is 1.62 bits per heavy atom. The van der Waals surface area contributed by atoms with Gasteiger partial charge in [0.05, 0.1) is 32.6 Å². The molecule has 0 radical (unpaired) electrons. The summed E-state index contributed by atoms with van der Waals surface area (Å²) in [6.07, 6.45) is 2.89. The normalized spacial score (nSPS) is 27.8. The van der Waals surface area contributed by atoms with Crippen LogP contribution in [0, 0.1) is 16.7 Å². The lowest BCUT2D eigenvalue weighted by molar-refractivity contribution is -0.152. The molecule has 2 saturated carbocycles. The van der Waals surface area contributed by atoms with Gasteiger partial charge in [0, 0.05) is 33.7 Å². The molecule has 2 aromatic rings. The van der Waals surface area contributed by atoms with Gasteiger partial charge in [-0.15, -0.1) is 0 Å². The second kappa shape index (κ2) is 9.15. The van der Waals surface area contributed by atoms with E-state index in [0.29, 0.717) is 51.1 Å². The van der Waals surface area contributed by atoms with Crippen LogP contribution in [0.25, 0.3) is 5.70 Å². The van der Waals surface area contributed by atoms with Crippen molar-refractivity contribution in [3.8, 4) is 17.2 Å². The highest BCUT2D eigenvalue weighted by molar-refractivity contribution is 6.23. The van der Waals surface area contributed by atoms with Gasteiger partial charge >= 0.3 is 5.97 Å². The van der Waals surface area contributed by atoms with Gasteiger partial charge in [-0.2, -0.15) is 0 Å². The van der Waals surface area contributed by atoms with Gasteiger partial charge in [-0.1, -0.05) is 45.0 Å². The first kappa shape index (κ1) is 26.5. The predicted octanol–water partition coefficient (Wildman–Crippen LogP) is 6.04. The number of carbonyl (C=O) groups is 2. The molecule has 7 heteroatoms. The Bertz CT molecular complexity index is 1480. The molecule has 0 unspecified atom stereocenters. The van der Waals surface area contributed by atoms with Crippen LogP contribution in [0.1, 0.15) is 74.4 Å². The summed E-state index contributed by atoms with van der Waals surface area (Å²) in [6, 6.07) is 11.2. The Balaban J connectivity index is 1.48. The highest BCUT2D eigenvalue weighted by atomic mass is 16.5. The smallest absolute Gasteiger partial charge is 0.337 e. The fraction of sp³-hybridized carbons (Fsp3) is 0.455. The van der Waals surface area contributed by atoms with E-state index >= 15 is 0 Å². The van der Waals surface area contributed by atoms with Gasteiger partial charge in [-0.3, -0.25) is 4.79 Å². The molecule has 1 N–H and O–H groups in total. The van der Waals surface area contributed by atoms with Gasteiger partial charge in [0.25, 0.3) is 0 Å². The van der Waals surface area contributed by atoms with Crippen LogP contribution in [0.3, 0.4) is 0 Å². The molecule has 2 fully saturated rings. The first-order valence-electron chi connectivity index (χ1n) is 13.9. The number of nitrogens with one attached hydrogen (secondary N) is 1. The number of allylic oxidation sites excluding steroid dienone is 2. The van der Waals surface area contributed by atoms with Crippen molar-refractivity contribution in [1.29, 1.82) is 0 Å². The topological polar surface area (TPSA) is 83.1 Å². The van der Waals surface area contributed by atoms with E-state index in [2.05, 4.69) is 26.1 Å². The number of dihydropyridines is 1. The minimum atomic E-state index is -0.684. The third-order valence-corrected chi connectivity index (χ3v) is 10.5. The lowest BCUT2D eigenvalue weighted by Gasteiger charge is -2.39. The van der Waals surface area contributed by atoms with E-state index in [1.807, 2.05) is 43.3 Å². The summed E-state index contributed by atoms with van der Waals surface area (Å²) >= 11 is 0. The maximum absolute atomic E-state index is 14.2. The van der Waals surface area contributed by atoms with Crippen molar-refractivity contribution in [3.63, 3.8) is 0 Å². The summed E-state index contributed by atoms with van der Waals surface area (Å²) in [5, 5.41) is 3.41. The second-order valence-electron chi connectivity index (χ2n) is 12.2. The van der Waals surface area contributed by atoms with Crippen LogP contribution in [-0.2, 0) is 9.53 Å². The molecule has 0 amide bonds. The van der Waals surface area contributed by atoms with Crippen molar-refractivity contribution >= 4 is 17.4 Å². The fourth-order valence-electron chi connectivity index (χ4n) is 7.70. The molecule has 0 spiro atoms. The van der Waals surface area contributed by atoms with Crippen LogP contribution < -0.4 is 19.5 Å². The third-order valence-electron chi connectivity index (χ3n) is 10.5. The Morgan fingerprint density at radius 1 is 0.975 bits per heavy atom. The van der Waals surface area contributed by atoms with Crippen LogP contribution in [0.5, 0.6) is 17.2 Å². The molecule has 1 heterocycles. The molecule has 40 heavy (non-hydrogen) atoms. The molecule has 6 rings (SSSR count). The standard InChI is InChI=1S/C33H37NO6/c1-17-25(31(36)40-24-16-19-12-13-33(24,4)32(19,2)3)26(18-14-22(37-5)30(39-7)23(15-18)38-6)27-28(34-17)20-10-8-9-11-21(20)29(27)35/h8-11,14-15,19,24,26,34H,12-13,16H2,1-7H3/t19-,24+,26+,33-/m1/s1. The summed E-state index contributed by atoms with van der Waals surface area (Å²) in [5.74, 6) is 0.690. The molecule has 1 aliphatic heterocycles. The zero-order chi connectivity index (χ0) is 28.6.